The highest BCUT2D eigenvalue weighted by Crippen LogP contribution is 2.73. The molecule has 192 valence electrons. The van der Waals surface area contributed by atoms with E-state index in [9.17, 15) is 4.79 Å². The van der Waals surface area contributed by atoms with E-state index in [4.69, 9.17) is 4.74 Å². The van der Waals surface area contributed by atoms with Crippen molar-refractivity contribution in [1.29, 1.82) is 0 Å². The van der Waals surface area contributed by atoms with Gasteiger partial charge in [-0.3, -0.25) is 4.79 Å². The number of carbonyl (C=O) groups excluding carboxylic acids is 1. The van der Waals surface area contributed by atoms with Gasteiger partial charge in [0, 0.05) is 12.3 Å². The Morgan fingerprint density at radius 3 is 2.41 bits per heavy atom. The minimum absolute atomic E-state index is 0.0506. The fourth-order valence-corrected chi connectivity index (χ4v) is 9.87. The van der Waals surface area contributed by atoms with Crippen molar-refractivity contribution >= 4 is 5.97 Å². The standard InChI is InChI=1S/C32H52O2/c1-21(2)11-10-12-22(3)24-15-19-31(8)25-13-14-27-29(5,6)18-17-28(34-23(4)33)32(27,9)26(25)16-20-30(24,31)7/h11,13,22,24,26-28H,10,12,14-20H2,1-9H3/t22-,24-,26-,27-,28?,30-,31+,32+/m0/s1. The summed E-state index contributed by atoms with van der Waals surface area (Å²) in [4.78, 5) is 12.2. The van der Waals surface area contributed by atoms with Gasteiger partial charge in [-0.05, 0) is 112 Å². The lowest BCUT2D eigenvalue weighted by atomic mass is 9.40. The number of hydrogen-bond acceptors (Lipinski definition) is 2. The van der Waals surface area contributed by atoms with Crippen LogP contribution in [0, 0.1) is 45.3 Å². The molecular formula is C32H52O2. The molecule has 1 unspecified atom stereocenters. The van der Waals surface area contributed by atoms with Crippen LogP contribution in [0.15, 0.2) is 23.3 Å². The second-order valence-electron chi connectivity index (χ2n) is 14.3. The van der Waals surface area contributed by atoms with E-state index in [0.29, 0.717) is 22.7 Å². The van der Waals surface area contributed by atoms with Crippen LogP contribution in [-0.2, 0) is 9.53 Å². The molecule has 0 N–H and O–H groups in total. The Bertz CT molecular complexity index is 860. The predicted octanol–water partition coefficient (Wildman–Crippen LogP) is 8.91. The summed E-state index contributed by atoms with van der Waals surface area (Å²) >= 11 is 0. The first-order chi connectivity index (χ1) is 15.8. The van der Waals surface area contributed by atoms with E-state index in [2.05, 4.69) is 67.5 Å². The molecule has 0 aliphatic heterocycles. The Labute approximate surface area is 210 Å². The summed E-state index contributed by atoms with van der Waals surface area (Å²) in [7, 11) is 0. The van der Waals surface area contributed by atoms with Gasteiger partial charge in [0.15, 0.2) is 0 Å². The zero-order valence-corrected chi connectivity index (χ0v) is 23.7. The van der Waals surface area contributed by atoms with Gasteiger partial charge >= 0.3 is 5.97 Å². The number of carbonyl (C=O) groups is 1. The van der Waals surface area contributed by atoms with Crippen molar-refractivity contribution in [3.05, 3.63) is 23.3 Å². The predicted molar refractivity (Wildman–Crippen MR) is 142 cm³/mol. The van der Waals surface area contributed by atoms with Gasteiger partial charge in [-0.25, -0.2) is 0 Å². The lowest BCUT2D eigenvalue weighted by Crippen LogP contribution is -2.60. The Balaban J connectivity index is 1.67. The Morgan fingerprint density at radius 2 is 1.76 bits per heavy atom. The minimum atomic E-state index is -0.0984. The first-order valence-corrected chi connectivity index (χ1v) is 14.3. The third kappa shape index (κ3) is 3.85. The third-order valence-corrected chi connectivity index (χ3v) is 11.9. The topological polar surface area (TPSA) is 26.3 Å². The number of rotatable bonds is 5. The van der Waals surface area contributed by atoms with Crippen molar-refractivity contribution in [3.8, 4) is 0 Å². The largest absolute Gasteiger partial charge is 0.462 e. The number of fused-ring (bicyclic) bond motifs is 5. The average Bonchev–Trinajstić information content (AvgIpc) is 3.01. The second-order valence-corrected chi connectivity index (χ2v) is 14.3. The molecular weight excluding hydrogens is 416 g/mol. The molecule has 0 spiro atoms. The van der Waals surface area contributed by atoms with Gasteiger partial charge in [-0.15, -0.1) is 0 Å². The van der Waals surface area contributed by atoms with Crippen LogP contribution in [0.25, 0.3) is 0 Å². The third-order valence-electron chi connectivity index (χ3n) is 11.9. The molecule has 0 aromatic carbocycles. The van der Waals surface area contributed by atoms with Crippen LogP contribution in [0.1, 0.15) is 120 Å². The molecule has 0 aromatic rings. The molecule has 0 saturated heterocycles. The molecule has 3 fully saturated rings. The quantitative estimate of drug-likeness (QED) is 0.297. The Kier molecular flexibility index (Phi) is 6.74. The molecule has 34 heavy (non-hydrogen) atoms. The zero-order chi connectivity index (χ0) is 25.1. The number of hydrogen-bond donors (Lipinski definition) is 0. The molecule has 0 bridgehead atoms. The van der Waals surface area contributed by atoms with Crippen molar-refractivity contribution < 1.29 is 9.53 Å². The summed E-state index contributed by atoms with van der Waals surface area (Å²) in [6, 6.07) is 0. The highest BCUT2D eigenvalue weighted by molar-refractivity contribution is 5.66. The summed E-state index contributed by atoms with van der Waals surface area (Å²) in [6.07, 6.45) is 16.3. The summed E-state index contributed by atoms with van der Waals surface area (Å²) in [5, 5.41) is 0. The lowest BCUT2D eigenvalue weighted by Gasteiger charge is -2.65. The van der Waals surface area contributed by atoms with Crippen LogP contribution in [0.5, 0.6) is 0 Å². The Morgan fingerprint density at radius 1 is 1.06 bits per heavy atom. The van der Waals surface area contributed by atoms with Gasteiger partial charge in [0.25, 0.3) is 0 Å². The van der Waals surface area contributed by atoms with E-state index in [1.807, 2.05) is 0 Å². The van der Waals surface area contributed by atoms with Gasteiger partial charge in [0.05, 0.1) is 0 Å². The smallest absolute Gasteiger partial charge is 0.302 e. The molecule has 3 saturated carbocycles. The first kappa shape index (κ1) is 26.0. The van der Waals surface area contributed by atoms with E-state index in [-0.39, 0.29) is 22.9 Å². The fraction of sp³-hybridized carbons (Fsp3) is 0.844. The Hall–Kier alpha value is -1.05. The number of ether oxygens (including phenoxy) is 1. The van der Waals surface area contributed by atoms with Crippen molar-refractivity contribution in [2.75, 3.05) is 0 Å². The monoisotopic (exact) mass is 468 g/mol. The maximum Gasteiger partial charge on any atom is 0.302 e. The van der Waals surface area contributed by atoms with Crippen LogP contribution >= 0.6 is 0 Å². The van der Waals surface area contributed by atoms with Gasteiger partial charge < -0.3 is 4.74 Å². The van der Waals surface area contributed by atoms with Crippen molar-refractivity contribution in [1.82, 2.24) is 0 Å². The van der Waals surface area contributed by atoms with Crippen LogP contribution < -0.4 is 0 Å². The number of esters is 1. The highest BCUT2D eigenvalue weighted by Gasteiger charge is 2.66. The zero-order valence-electron chi connectivity index (χ0n) is 23.7. The highest BCUT2D eigenvalue weighted by atomic mass is 16.5. The molecule has 8 atom stereocenters. The molecule has 2 nitrogen and oxygen atoms in total. The van der Waals surface area contributed by atoms with Gasteiger partial charge in [0.1, 0.15) is 6.10 Å². The molecule has 0 heterocycles. The van der Waals surface area contributed by atoms with Crippen molar-refractivity contribution in [2.45, 2.75) is 126 Å². The molecule has 4 rings (SSSR count). The molecule has 0 radical (unpaired) electrons. The summed E-state index contributed by atoms with van der Waals surface area (Å²) in [5.74, 6) is 2.61. The van der Waals surface area contributed by atoms with Crippen LogP contribution in [-0.4, -0.2) is 12.1 Å². The maximum absolute atomic E-state index is 12.2. The lowest BCUT2D eigenvalue weighted by molar-refractivity contribution is -0.183. The molecule has 0 amide bonds. The first-order valence-electron chi connectivity index (χ1n) is 14.3. The molecule has 2 heteroatoms. The normalized spacial score (nSPS) is 43.6. The van der Waals surface area contributed by atoms with E-state index in [1.54, 1.807) is 12.5 Å². The van der Waals surface area contributed by atoms with E-state index < -0.39 is 0 Å². The van der Waals surface area contributed by atoms with E-state index in [1.165, 1.54) is 44.1 Å². The van der Waals surface area contributed by atoms with E-state index >= 15 is 0 Å². The molecule has 4 aliphatic carbocycles. The van der Waals surface area contributed by atoms with Crippen LogP contribution in [0.3, 0.4) is 0 Å². The van der Waals surface area contributed by atoms with Gasteiger partial charge in [0.2, 0.25) is 0 Å². The van der Waals surface area contributed by atoms with E-state index in [0.717, 1.165) is 31.1 Å². The number of allylic oxidation sites excluding steroid dienone is 4. The average molecular weight is 469 g/mol. The summed E-state index contributed by atoms with van der Waals surface area (Å²) < 4.78 is 6.13. The summed E-state index contributed by atoms with van der Waals surface area (Å²) in [5.41, 5.74) is 4.20. The maximum atomic E-state index is 12.2. The SMILES string of the molecule is CC(=O)OC1CCC(C)(C)[C@@H]2CC=C3[C@H](CC[C@@]4(C)[C@H]([C@@H](C)CCC=C(C)C)CC[C@]34C)[C@@]12C. The van der Waals surface area contributed by atoms with Crippen molar-refractivity contribution in [3.63, 3.8) is 0 Å². The van der Waals surface area contributed by atoms with Gasteiger partial charge in [-0.1, -0.05) is 64.8 Å². The molecule has 0 aromatic heterocycles. The fourth-order valence-electron chi connectivity index (χ4n) is 9.87. The second kappa shape index (κ2) is 8.81. The minimum Gasteiger partial charge on any atom is -0.462 e. The molecule has 4 aliphatic rings. The van der Waals surface area contributed by atoms with Crippen LogP contribution in [0.4, 0.5) is 0 Å². The summed E-state index contributed by atoms with van der Waals surface area (Å²) in [6.45, 7) is 21.3. The van der Waals surface area contributed by atoms with Crippen LogP contribution in [0.2, 0.25) is 0 Å². The van der Waals surface area contributed by atoms with Crippen molar-refractivity contribution in [2.24, 2.45) is 45.3 Å². The van der Waals surface area contributed by atoms with Gasteiger partial charge in [-0.2, -0.15) is 0 Å².